The third-order valence-corrected chi connectivity index (χ3v) is 16.4. The number of tetrazole rings is 1. The van der Waals surface area contributed by atoms with Crippen LogP contribution in [0.2, 0.25) is 30.1 Å². The van der Waals surface area contributed by atoms with Crippen LogP contribution in [0.5, 0.6) is 11.5 Å². The Hall–Kier alpha value is -7.26. The average molecular weight is 1340 g/mol. The zero-order chi connectivity index (χ0) is 59.6. The van der Waals surface area contributed by atoms with E-state index in [1.54, 1.807) is 49.5 Å². The van der Waals surface area contributed by atoms with E-state index in [0.717, 1.165) is 83.4 Å². The summed E-state index contributed by atoms with van der Waals surface area (Å²) in [6.07, 6.45) is 14.7. The quantitative estimate of drug-likeness (QED) is 0.0243. The summed E-state index contributed by atoms with van der Waals surface area (Å²) in [5.74, 6) is 18.0. The number of benzene rings is 4. The van der Waals surface area contributed by atoms with Crippen molar-refractivity contribution < 1.29 is 48.1 Å². The maximum absolute atomic E-state index is 7.06. The number of nitrogens with one attached hydrogen (secondary N) is 1. The van der Waals surface area contributed by atoms with Gasteiger partial charge in [0.05, 0.1) is 31.2 Å². The summed E-state index contributed by atoms with van der Waals surface area (Å²) in [5, 5.41) is 26.1. The Balaban J connectivity index is 0.000000238. The second kappa shape index (κ2) is 33.0. The maximum atomic E-state index is 7.06. The molecule has 25 heteroatoms. The van der Waals surface area contributed by atoms with E-state index in [9.17, 15) is 0 Å². The molecule has 0 bridgehead atoms. The van der Waals surface area contributed by atoms with Crippen molar-refractivity contribution in [2.24, 2.45) is 0 Å². The molecule has 4 fully saturated rings. The zero-order valence-corrected chi connectivity index (χ0v) is 54.4. The van der Waals surface area contributed by atoms with E-state index in [2.05, 4.69) is 81.4 Å². The van der Waals surface area contributed by atoms with E-state index in [1.807, 2.05) is 60.8 Å². The number of pyridine rings is 2. The minimum absolute atomic E-state index is 0. The first-order valence-electron chi connectivity index (χ1n) is 26.5. The fraction of sp³-hybridized carbons (Fsp3) is 0.250. The van der Waals surface area contributed by atoms with Gasteiger partial charge in [0.1, 0.15) is 59.5 Å². The molecule has 5 heterocycles. The molecule has 89 heavy (non-hydrogen) atoms. The Morgan fingerprint density at radius 3 is 1.49 bits per heavy atom. The molecule has 5 aromatic heterocycles. The summed E-state index contributed by atoms with van der Waals surface area (Å²) < 4.78 is 23.9. The van der Waals surface area contributed by atoms with Gasteiger partial charge in [-0.25, -0.2) is 0 Å². The van der Waals surface area contributed by atoms with Gasteiger partial charge >= 0.3 is 29.6 Å². The van der Waals surface area contributed by atoms with Crippen molar-refractivity contribution >= 4 is 87.8 Å². The smallest absolute Gasteiger partial charge is 0.489 e. The molecule has 0 spiro atoms. The summed E-state index contributed by atoms with van der Waals surface area (Å²) >= 11 is 39.3. The van der Waals surface area contributed by atoms with Crippen LogP contribution in [0.3, 0.4) is 0 Å². The number of ether oxygens (including phenoxy) is 2. The molecule has 13 rings (SSSR count). The van der Waals surface area contributed by atoms with Gasteiger partial charge in [0.25, 0.3) is 5.82 Å². The molecule has 0 saturated heterocycles. The molecular weight excluding hydrogens is 1290 g/mol. The van der Waals surface area contributed by atoms with Crippen molar-refractivity contribution in [2.45, 2.75) is 102 Å². The van der Waals surface area contributed by atoms with Crippen LogP contribution in [-0.2, 0) is 13.2 Å². The van der Waals surface area contributed by atoms with Crippen LogP contribution in [-0.4, -0.2) is 40.9 Å². The van der Waals surface area contributed by atoms with Crippen molar-refractivity contribution in [3.63, 3.8) is 0 Å². The third kappa shape index (κ3) is 17.4. The molecule has 4 N–H and O–H groups in total. The standard InChI is InChI=1S/C28H21Cl3N6O2.C28H20Cl3N3O2.C7H4.CH4.ClH.N3.H3N.Na/c29-21-2-1-3-22(30)25(21)26-20(27(39-35-26)14-4-5-14)13-38-16-7-8-17(23(31)10-16)19-11-18(19)15-6-9-24(32-12-15)28-33-36-37-34-28;1-32-25-10-7-16(13-33-25)19-12-20(19)18-9-8-17(11-24(18)31)35-14-21-27(34-36-28(21)15-5-6-15)26-22(29)3-2-4-23(26)30;1-3-5-7-6-4-2;;;1-3-2;;/h1-3,6-10,12,14,18-19H,4-5,11,13H2,(H,33,34,36,37);2-4,7-11,13,15,19-20H,5-6,12,14H2;1H,2H3;1H4;1H;;1H3;/q;;;;;-1;;+1. The van der Waals surface area contributed by atoms with Crippen molar-refractivity contribution in [1.82, 2.24) is 47.1 Å². The maximum Gasteiger partial charge on any atom is 1.00 e. The van der Waals surface area contributed by atoms with E-state index in [-0.39, 0.29) is 68.8 Å². The average Bonchev–Trinajstić information content (AvgIpc) is 2.19. The van der Waals surface area contributed by atoms with Crippen LogP contribution < -0.4 is 45.2 Å². The Bertz CT molecular complexity index is 4120. The topological polar surface area (TPSA) is 249 Å². The third-order valence-electron chi connectivity index (χ3n) is 14.4. The van der Waals surface area contributed by atoms with Crippen molar-refractivity contribution in [2.75, 3.05) is 0 Å². The van der Waals surface area contributed by atoms with Gasteiger partial charge in [0, 0.05) is 39.2 Å². The van der Waals surface area contributed by atoms with Gasteiger partial charge in [-0.05, 0) is 181 Å². The molecule has 4 atom stereocenters. The van der Waals surface area contributed by atoms with Gasteiger partial charge in [0.15, 0.2) is 0 Å². The Labute approximate surface area is 573 Å². The second-order valence-corrected chi connectivity index (χ2v) is 22.4. The predicted molar refractivity (Wildman–Crippen MR) is 347 cm³/mol. The van der Waals surface area contributed by atoms with Crippen LogP contribution in [0.4, 0.5) is 5.82 Å². The number of halogens is 7. The van der Waals surface area contributed by atoms with Crippen molar-refractivity contribution in [1.29, 1.82) is 0 Å². The van der Waals surface area contributed by atoms with Crippen LogP contribution in [0, 0.1) is 42.6 Å². The molecule has 4 aromatic carbocycles. The van der Waals surface area contributed by atoms with Crippen LogP contribution in [0.15, 0.2) is 119 Å². The number of aromatic amines is 1. The first-order chi connectivity index (χ1) is 41.4. The molecule has 0 amide bonds. The minimum Gasteiger partial charge on any atom is -0.489 e. The van der Waals surface area contributed by atoms with Crippen LogP contribution >= 0.6 is 82.0 Å². The zero-order valence-electron chi connectivity index (χ0n) is 47.0. The van der Waals surface area contributed by atoms with Gasteiger partial charge in [-0.2, -0.15) is 5.21 Å². The molecule has 9 aromatic rings. The summed E-state index contributed by atoms with van der Waals surface area (Å²) in [6.45, 7) is 9.32. The number of rotatable bonds is 15. The first kappa shape index (κ1) is 70.8. The Morgan fingerprint density at radius 1 is 0.652 bits per heavy atom. The molecule has 4 aliphatic carbocycles. The number of terminal acetylenes is 1. The Morgan fingerprint density at radius 2 is 1.12 bits per heavy atom. The largest absolute Gasteiger partial charge is 1.00 e. The molecule has 4 aliphatic rings. The first-order valence-corrected chi connectivity index (χ1v) is 28.8. The molecule has 17 nitrogen and oxygen atoms in total. The van der Waals surface area contributed by atoms with Gasteiger partial charge in [-0.15, -0.1) is 34.0 Å². The van der Waals surface area contributed by atoms with Gasteiger partial charge in [0.2, 0.25) is 5.82 Å². The molecule has 0 radical (unpaired) electrons. The predicted octanol–water partition coefficient (Wildman–Crippen LogP) is 16.3. The summed E-state index contributed by atoms with van der Waals surface area (Å²) in [4.78, 5) is 13.5. The summed E-state index contributed by atoms with van der Waals surface area (Å²) in [7, 11) is 0. The van der Waals surface area contributed by atoms with Crippen molar-refractivity contribution in [3.05, 3.63) is 212 Å². The van der Waals surface area contributed by atoms with E-state index in [4.69, 9.17) is 112 Å². The van der Waals surface area contributed by atoms with E-state index in [0.29, 0.717) is 117 Å². The van der Waals surface area contributed by atoms with E-state index < -0.39 is 0 Å². The number of nitrogens with zero attached hydrogens (tertiary/aromatic N) is 11. The minimum atomic E-state index is 0. The molecule has 448 valence electrons. The van der Waals surface area contributed by atoms with E-state index in [1.165, 1.54) is 4.91 Å². The Kier molecular flexibility index (Phi) is 26.3. The summed E-state index contributed by atoms with van der Waals surface area (Å²) in [5.41, 5.74) is 23.0. The SMILES string of the molecule is C.C#CC#CC#CC.Cl.Clc1cc(OCc2c(-c3c(Cl)cccc3Cl)noc2C2CC2)ccc1C1CC1c1ccc(-c2nn[nH]n2)nc1.N.[C-]#[N+]c1ccc(C2CC2c2ccc(OCc3c(-c4c(Cl)cccc4Cl)noc3C3CC3)cc2Cl)cn1.[N-]=[N+]=[N-].[Na+]. The number of hydrogen-bond donors (Lipinski definition) is 2. The van der Waals surface area contributed by atoms with Crippen LogP contribution in [0.25, 0.3) is 54.9 Å². The molecule has 4 saturated carbocycles. The van der Waals surface area contributed by atoms with E-state index >= 15 is 0 Å². The van der Waals surface area contributed by atoms with Gasteiger partial charge in [-0.1, -0.05) is 136 Å². The summed E-state index contributed by atoms with van der Waals surface area (Å²) in [6, 6.07) is 30.2. The molecule has 4 unspecified atom stereocenters. The molecule has 0 aliphatic heterocycles. The van der Waals surface area contributed by atoms with Crippen LogP contribution in [0.1, 0.15) is 133 Å². The van der Waals surface area contributed by atoms with Gasteiger partial charge < -0.3 is 40.6 Å². The monoisotopic (exact) mass is 1340 g/mol. The van der Waals surface area contributed by atoms with Crippen molar-refractivity contribution in [3.8, 4) is 81.6 Å². The fourth-order valence-electron chi connectivity index (χ4n) is 9.86. The second-order valence-electron chi connectivity index (χ2n) is 20.0. The normalized spacial score (nSPS) is 15.9. The number of hydrogen-bond acceptors (Lipinski definition) is 12. The fourth-order valence-corrected chi connectivity index (χ4v) is 11.6. The molecular formula is C64H53Cl7N13NaO4. The van der Waals surface area contributed by atoms with Gasteiger partial charge in [-0.3, -0.25) is 9.90 Å². The number of aromatic nitrogens is 8. The number of H-pyrrole nitrogens is 1.